The monoisotopic (exact) mass is 520 g/mol. The second kappa shape index (κ2) is 13.7. The Bertz CT molecular complexity index is 1000. The third-order valence-corrected chi connectivity index (χ3v) is 7.42. The Morgan fingerprint density at radius 2 is 0.895 bits per heavy atom. The largest absolute Gasteiger partial charge is 0.342 e. The Morgan fingerprint density at radius 1 is 0.553 bits per heavy atom. The second-order valence-electron chi connectivity index (χ2n) is 10.2. The number of amides is 4. The molecule has 0 bridgehead atoms. The van der Waals surface area contributed by atoms with Gasteiger partial charge in [-0.2, -0.15) is 0 Å². The van der Waals surface area contributed by atoms with E-state index in [9.17, 15) is 19.2 Å². The fraction of sp³-hybridized carbons (Fsp3) is 0.467. The van der Waals surface area contributed by atoms with Gasteiger partial charge in [0.15, 0.2) is 0 Å². The van der Waals surface area contributed by atoms with Gasteiger partial charge in [-0.3, -0.25) is 19.2 Å². The van der Waals surface area contributed by atoms with Gasteiger partial charge in [0.1, 0.15) is 24.2 Å². The van der Waals surface area contributed by atoms with Crippen LogP contribution in [0, 0.1) is 11.8 Å². The third-order valence-electron chi connectivity index (χ3n) is 7.42. The molecule has 8 nitrogen and oxygen atoms in total. The van der Waals surface area contributed by atoms with Crippen molar-refractivity contribution in [1.82, 2.24) is 21.3 Å². The maximum absolute atomic E-state index is 13.5. The molecule has 0 unspecified atom stereocenters. The van der Waals surface area contributed by atoms with E-state index in [-0.39, 0.29) is 24.7 Å². The zero-order chi connectivity index (χ0) is 27.7. The van der Waals surface area contributed by atoms with Crippen molar-refractivity contribution in [2.75, 3.05) is 0 Å². The van der Waals surface area contributed by atoms with E-state index in [1.807, 2.05) is 88.4 Å². The van der Waals surface area contributed by atoms with Gasteiger partial charge in [-0.1, -0.05) is 101 Å². The lowest BCUT2D eigenvalue weighted by atomic mass is 9.94. The molecule has 6 atom stereocenters. The van der Waals surface area contributed by atoms with Crippen LogP contribution in [0.5, 0.6) is 0 Å². The van der Waals surface area contributed by atoms with E-state index in [1.54, 1.807) is 0 Å². The van der Waals surface area contributed by atoms with Gasteiger partial charge in [-0.05, 0) is 23.0 Å². The standard InChI is InChI=1S/C30H40N4O4/c1-5-19(3)25-29(37)31-24(18-22-15-11-8-12-16-22)28(36)34-26(20(4)6-2)30(38)32-23(27(35)33-25)17-21-13-9-7-10-14-21/h7-16,19-20,23-26H,5-6,17-18H2,1-4H3,(H,31,37)(H,32,38)(H,33,35)(H,34,36)/t19-,20-,23-,24-,25-,26-/m0/s1. The number of benzene rings is 2. The van der Waals surface area contributed by atoms with E-state index in [4.69, 9.17) is 0 Å². The molecule has 4 amide bonds. The summed E-state index contributed by atoms with van der Waals surface area (Å²) in [4.78, 5) is 54.2. The molecule has 0 aliphatic carbocycles. The van der Waals surface area contributed by atoms with E-state index in [1.165, 1.54) is 0 Å². The van der Waals surface area contributed by atoms with Crippen LogP contribution in [0.3, 0.4) is 0 Å². The number of hydrogen-bond acceptors (Lipinski definition) is 4. The van der Waals surface area contributed by atoms with Crippen molar-refractivity contribution in [3.8, 4) is 0 Å². The fourth-order valence-corrected chi connectivity index (χ4v) is 4.55. The first-order valence-electron chi connectivity index (χ1n) is 13.5. The van der Waals surface area contributed by atoms with Crippen LogP contribution >= 0.6 is 0 Å². The zero-order valence-electron chi connectivity index (χ0n) is 22.7. The lowest BCUT2D eigenvalue weighted by Gasteiger charge is -2.32. The third kappa shape index (κ3) is 7.66. The van der Waals surface area contributed by atoms with Gasteiger partial charge in [0.25, 0.3) is 0 Å². The van der Waals surface area contributed by atoms with Crippen molar-refractivity contribution >= 4 is 23.6 Å². The van der Waals surface area contributed by atoms with Gasteiger partial charge in [-0.25, -0.2) is 0 Å². The van der Waals surface area contributed by atoms with Gasteiger partial charge in [0.05, 0.1) is 0 Å². The molecule has 3 rings (SSSR count). The summed E-state index contributed by atoms with van der Waals surface area (Å²) in [5.41, 5.74) is 1.74. The number of carbonyl (C=O) groups excluding carboxylic acids is 4. The summed E-state index contributed by atoms with van der Waals surface area (Å²) < 4.78 is 0. The molecule has 0 spiro atoms. The van der Waals surface area contributed by atoms with Crippen molar-refractivity contribution in [3.05, 3.63) is 71.8 Å². The first kappa shape index (κ1) is 28.9. The molecular formula is C30H40N4O4. The van der Waals surface area contributed by atoms with E-state index in [2.05, 4.69) is 21.3 Å². The highest BCUT2D eigenvalue weighted by molar-refractivity contribution is 5.98. The van der Waals surface area contributed by atoms with Gasteiger partial charge in [0.2, 0.25) is 23.6 Å². The number of carbonyl (C=O) groups is 4. The van der Waals surface area contributed by atoms with Crippen molar-refractivity contribution in [2.45, 2.75) is 77.5 Å². The molecule has 1 fully saturated rings. The Balaban J connectivity index is 1.99. The summed E-state index contributed by atoms with van der Waals surface area (Å²) >= 11 is 0. The quantitative estimate of drug-likeness (QED) is 0.428. The summed E-state index contributed by atoms with van der Waals surface area (Å²) in [5.74, 6) is -2.09. The van der Waals surface area contributed by atoms with Crippen molar-refractivity contribution in [3.63, 3.8) is 0 Å². The lowest BCUT2D eigenvalue weighted by Crippen LogP contribution is -2.63. The molecule has 204 valence electrons. The summed E-state index contributed by atoms with van der Waals surface area (Å²) in [6.07, 6.45) is 1.79. The molecule has 2 aromatic carbocycles. The van der Waals surface area contributed by atoms with Crippen molar-refractivity contribution in [1.29, 1.82) is 0 Å². The molecule has 0 aromatic heterocycles. The maximum atomic E-state index is 13.5. The first-order chi connectivity index (χ1) is 18.2. The van der Waals surface area contributed by atoms with Crippen LogP contribution in [-0.4, -0.2) is 47.8 Å². The highest BCUT2D eigenvalue weighted by Gasteiger charge is 2.36. The molecular weight excluding hydrogens is 480 g/mol. The number of hydrogen-bond donors (Lipinski definition) is 4. The summed E-state index contributed by atoms with van der Waals surface area (Å²) in [6, 6.07) is 15.2. The average Bonchev–Trinajstić information content (AvgIpc) is 2.93. The Morgan fingerprint density at radius 3 is 1.21 bits per heavy atom. The van der Waals surface area contributed by atoms with E-state index in [0.29, 0.717) is 12.8 Å². The Labute approximate surface area is 225 Å². The van der Waals surface area contributed by atoms with E-state index >= 15 is 0 Å². The molecule has 1 aliphatic heterocycles. The number of nitrogens with one attached hydrogen (secondary N) is 4. The zero-order valence-corrected chi connectivity index (χ0v) is 22.7. The summed E-state index contributed by atoms with van der Waals surface area (Å²) in [5, 5.41) is 11.5. The minimum absolute atomic E-state index is 0.191. The molecule has 8 heteroatoms. The molecule has 38 heavy (non-hydrogen) atoms. The van der Waals surface area contributed by atoms with E-state index < -0.39 is 47.8 Å². The summed E-state index contributed by atoms with van der Waals surface area (Å²) in [6.45, 7) is 7.64. The van der Waals surface area contributed by atoms with Gasteiger partial charge in [-0.15, -0.1) is 0 Å². The van der Waals surface area contributed by atoms with Crippen LogP contribution in [0.2, 0.25) is 0 Å². The smallest absolute Gasteiger partial charge is 0.243 e. The first-order valence-corrected chi connectivity index (χ1v) is 13.5. The van der Waals surface area contributed by atoms with Crippen LogP contribution < -0.4 is 21.3 Å². The molecule has 2 aromatic rings. The predicted molar refractivity (Wildman–Crippen MR) is 147 cm³/mol. The highest BCUT2D eigenvalue weighted by Crippen LogP contribution is 2.15. The van der Waals surface area contributed by atoms with Crippen LogP contribution in [0.1, 0.15) is 51.7 Å². The normalized spacial score (nSPS) is 24.5. The lowest BCUT2D eigenvalue weighted by molar-refractivity contribution is -0.138. The molecule has 1 saturated heterocycles. The molecule has 1 aliphatic rings. The van der Waals surface area contributed by atoms with Gasteiger partial charge < -0.3 is 21.3 Å². The highest BCUT2D eigenvalue weighted by atomic mass is 16.2. The topological polar surface area (TPSA) is 116 Å². The number of rotatable bonds is 8. The van der Waals surface area contributed by atoms with Crippen LogP contribution in [0.15, 0.2) is 60.7 Å². The van der Waals surface area contributed by atoms with Crippen molar-refractivity contribution < 1.29 is 19.2 Å². The van der Waals surface area contributed by atoms with Crippen LogP contribution in [0.25, 0.3) is 0 Å². The van der Waals surface area contributed by atoms with Gasteiger partial charge >= 0.3 is 0 Å². The maximum Gasteiger partial charge on any atom is 0.243 e. The predicted octanol–water partition coefficient (Wildman–Crippen LogP) is 2.52. The fourth-order valence-electron chi connectivity index (χ4n) is 4.55. The van der Waals surface area contributed by atoms with Crippen LogP contribution in [-0.2, 0) is 32.0 Å². The molecule has 4 N–H and O–H groups in total. The second-order valence-corrected chi connectivity index (χ2v) is 10.2. The Hall–Kier alpha value is -3.68. The van der Waals surface area contributed by atoms with Crippen LogP contribution in [0.4, 0.5) is 0 Å². The molecule has 1 heterocycles. The Kier molecular flexibility index (Phi) is 10.4. The molecule has 0 saturated carbocycles. The van der Waals surface area contributed by atoms with Crippen molar-refractivity contribution in [2.24, 2.45) is 11.8 Å². The SMILES string of the molecule is CC[C@H](C)[C@@H]1NC(=O)[C@H](Cc2ccccc2)NC(=O)[C@H]([C@@H](C)CC)NC(=O)[C@H](Cc2ccccc2)NC1=O. The molecule has 0 radical (unpaired) electrons. The van der Waals surface area contributed by atoms with E-state index in [0.717, 1.165) is 11.1 Å². The minimum atomic E-state index is -0.910. The summed E-state index contributed by atoms with van der Waals surface area (Å²) in [7, 11) is 0. The average molecular weight is 521 g/mol. The minimum Gasteiger partial charge on any atom is -0.342 e. The van der Waals surface area contributed by atoms with Gasteiger partial charge in [0, 0.05) is 12.8 Å².